The minimum Gasteiger partial charge on any atom is -0.497 e. The lowest BCUT2D eigenvalue weighted by molar-refractivity contribution is -0.119. The van der Waals surface area contributed by atoms with Crippen LogP contribution in [0.3, 0.4) is 0 Å². The molecule has 19 heavy (non-hydrogen) atoms. The van der Waals surface area contributed by atoms with Gasteiger partial charge in [0.15, 0.2) is 0 Å². The number of anilines is 1. The third-order valence-corrected chi connectivity index (χ3v) is 2.70. The number of primary amides is 1. The lowest BCUT2D eigenvalue weighted by Crippen LogP contribution is -2.43. The molecule has 0 unspecified atom stereocenters. The van der Waals surface area contributed by atoms with E-state index in [9.17, 15) is 9.59 Å². The largest absolute Gasteiger partial charge is 0.497 e. The molecule has 0 fully saturated rings. The molecule has 0 radical (unpaired) electrons. The van der Waals surface area contributed by atoms with Crippen molar-refractivity contribution < 1.29 is 14.3 Å². The highest BCUT2D eigenvalue weighted by molar-refractivity contribution is 6.01. The van der Waals surface area contributed by atoms with Gasteiger partial charge in [-0.1, -0.05) is 0 Å². The second-order valence-corrected chi connectivity index (χ2v) is 4.45. The maximum absolute atomic E-state index is 12.4. The molecule has 1 aromatic carbocycles. The summed E-state index contributed by atoms with van der Waals surface area (Å²) >= 11 is 0. The Morgan fingerprint density at radius 1 is 1.37 bits per heavy atom. The summed E-state index contributed by atoms with van der Waals surface area (Å²) in [7, 11) is 1.50. The van der Waals surface area contributed by atoms with Gasteiger partial charge in [0.05, 0.1) is 19.2 Å². The van der Waals surface area contributed by atoms with Crippen LogP contribution in [0, 0.1) is 0 Å². The molecule has 1 aromatic rings. The minimum atomic E-state index is -0.566. The molecular weight excluding hydrogens is 246 g/mol. The van der Waals surface area contributed by atoms with Crippen LogP contribution in [0.5, 0.6) is 5.75 Å². The van der Waals surface area contributed by atoms with Gasteiger partial charge in [0.25, 0.3) is 5.91 Å². The third kappa shape index (κ3) is 3.61. The Labute approximate surface area is 112 Å². The molecule has 0 aliphatic heterocycles. The molecule has 104 valence electrons. The summed E-state index contributed by atoms with van der Waals surface area (Å²) in [4.78, 5) is 24.8. The van der Waals surface area contributed by atoms with Gasteiger partial charge in [-0.25, -0.2) is 0 Å². The summed E-state index contributed by atoms with van der Waals surface area (Å²) in [5, 5.41) is 0. The first-order valence-electron chi connectivity index (χ1n) is 5.89. The fraction of sp³-hybridized carbons (Fsp3) is 0.385. The second-order valence-electron chi connectivity index (χ2n) is 4.45. The van der Waals surface area contributed by atoms with Crippen molar-refractivity contribution in [1.82, 2.24) is 4.90 Å². The Bertz CT molecular complexity index is 486. The predicted octanol–water partition coefficient (Wildman–Crippen LogP) is 0.613. The van der Waals surface area contributed by atoms with E-state index in [0.29, 0.717) is 17.0 Å². The SMILES string of the molecule is COc1ccc(N)c(C(=O)N(CC(N)=O)C(C)C)c1. The summed E-state index contributed by atoms with van der Waals surface area (Å²) in [6.07, 6.45) is 0. The molecular formula is C13H19N3O3. The zero-order valence-corrected chi connectivity index (χ0v) is 11.3. The average molecular weight is 265 g/mol. The van der Waals surface area contributed by atoms with Gasteiger partial charge in [0, 0.05) is 11.7 Å². The van der Waals surface area contributed by atoms with E-state index in [4.69, 9.17) is 16.2 Å². The van der Waals surface area contributed by atoms with E-state index in [1.165, 1.54) is 12.0 Å². The number of benzene rings is 1. The van der Waals surface area contributed by atoms with Gasteiger partial charge in [-0.3, -0.25) is 9.59 Å². The van der Waals surface area contributed by atoms with Gasteiger partial charge in [0.2, 0.25) is 5.91 Å². The normalized spacial score (nSPS) is 10.3. The number of hydrogen-bond donors (Lipinski definition) is 2. The Balaban J connectivity index is 3.12. The van der Waals surface area contributed by atoms with Gasteiger partial charge in [-0.15, -0.1) is 0 Å². The van der Waals surface area contributed by atoms with Crippen LogP contribution < -0.4 is 16.2 Å². The monoisotopic (exact) mass is 265 g/mol. The number of nitrogens with two attached hydrogens (primary N) is 2. The van der Waals surface area contributed by atoms with E-state index in [-0.39, 0.29) is 18.5 Å². The molecule has 0 aliphatic carbocycles. The van der Waals surface area contributed by atoms with Crippen molar-refractivity contribution in [3.63, 3.8) is 0 Å². The Morgan fingerprint density at radius 3 is 2.47 bits per heavy atom. The van der Waals surface area contributed by atoms with Crippen molar-refractivity contribution in [3.8, 4) is 5.75 Å². The summed E-state index contributed by atoms with van der Waals surface area (Å²) in [5.74, 6) is -0.381. The topological polar surface area (TPSA) is 98.7 Å². The van der Waals surface area contributed by atoms with Gasteiger partial charge < -0.3 is 21.1 Å². The Morgan fingerprint density at radius 2 is 2.00 bits per heavy atom. The van der Waals surface area contributed by atoms with E-state index in [2.05, 4.69) is 0 Å². The van der Waals surface area contributed by atoms with Crippen LogP contribution in [0.15, 0.2) is 18.2 Å². The second kappa shape index (κ2) is 6.08. The molecule has 4 N–H and O–H groups in total. The lowest BCUT2D eigenvalue weighted by atomic mass is 10.1. The first-order valence-corrected chi connectivity index (χ1v) is 5.89. The van der Waals surface area contributed by atoms with Crippen LogP contribution in [0.4, 0.5) is 5.69 Å². The Kier molecular flexibility index (Phi) is 4.74. The molecule has 0 heterocycles. The fourth-order valence-electron chi connectivity index (χ4n) is 1.66. The molecule has 6 heteroatoms. The third-order valence-electron chi connectivity index (χ3n) is 2.70. The number of amides is 2. The van der Waals surface area contributed by atoms with Crippen LogP contribution >= 0.6 is 0 Å². The number of carbonyl (C=O) groups excluding carboxylic acids is 2. The standard InChI is InChI=1S/C13H19N3O3/c1-8(2)16(7-12(15)17)13(18)10-6-9(19-3)4-5-11(10)14/h4-6,8H,7,14H2,1-3H3,(H2,15,17). The highest BCUT2D eigenvalue weighted by Crippen LogP contribution is 2.21. The van der Waals surface area contributed by atoms with E-state index in [1.54, 1.807) is 32.0 Å². The fourth-order valence-corrected chi connectivity index (χ4v) is 1.66. The van der Waals surface area contributed by atoms with E-state index >= 15 is 0 Å². The summed E-state index contributed by atoms with van der Waals surface area (Å²) < 4.78 is 5.06. The number of hydrogen-bond acceptors (Lipinski definition) is 4. The van der Waals surface area contributed by atoms with Crippen LogP contribution in [-0.4, -0.2) is 36.4 Å². The lowest BCUT2D eigenvalue weighted by Gasteiger charge is -2.26. The van der Waals surface area contributed by atoms with Crippen molar-refractivity contribution in [2.45, 2.75) is 19.9 Å². The van der Waals surface area contributed by atoms with Crippen LogP contribution in [-0.2, 0) is 4.79 Å². The molecule has 6 nitrogen and oxygen atoms in total. The number of nitrogen functional groups attached to an aromatic ring is 1. The van der Waals surface area contributed by atoms with E-state index in [1.807, 2.05) is 0 Å². The number of methoxy groups -OCH3 is 1. The molecule has 0 aliphatic rings. The predicted molar refractivity (Wildman–Crippen MR) is 72.8 cm³/mol. The van der Waals surface area contributed by atoms with Crippen molar-refractivity contribution in [2.24, 2.45) is 5.73 Å². The highest BCUT2D eigenvalue weighted by atomic mass is 16.5. The van der Waals surface area contributed by atoms with Gasteiger partial charge in [-0.2, -0.15) is 0 Å². The Hall–Kier alpha value is -2.24. The first-order chi connectivity index (χ1) is 8.86. The zero-order valence-electron chi connectivity index (χ0n) is 11.3. The summed E-state index contributed by atoms with van der Waals surface area (Å²) in [5.41, 5.74) is 11.6. The highest BCUT2D eigenvalue weighted by Gasteiger charge is 2.22. The van der Waals surface area contributed by atoms with Crippen molar-refractivity contribution in [3.05, 3.63) is 23.8 Å². The average Bonchev–Trinajstić information content (AvgIpc) is 2.35. The molecule has 0 spiro atoms. The maximum atomic E-state index is 12.4. The van der Waals surface area contributed by atoms with Gasteiger partial charge in [0.1, 0.15) is 5.75 Å². The van der Waals surface area contributed by atoms with Gasteiger partial charge in [-0.05, 0) is 32.0 Å². The smallest absolute Gasteiger partial charge is 0.256 e. The van der Waals surface area contributed by atoms with Crippen LogP contribution in [0.25, 0.3) is 0 Å². The number of rotatable bonds is 5. The quantitative estimate of drug-likeness (QED) is 0.762. The van der Waals surface area contributed by atoms with Crippen molar-refractivity contribution >= 4 is 17.5 Å². The van der Waals surface area contributed by atoms with Gasteiger partial charge >= 0.3 is 0 Å². The number of carbonyl (C=O) groups is 2. The maximum Gasteiger partial charge on any atom is 0.256 e. The molecule has 0 saturated carbocycles. The minimum absolute atomic E-state index is 0.146. The van der Waals surface area contributed by atoms with Crippen molar-refractivity contribution in [2.75, 3.05) is 19.4 Å². The van der Waals surface area contributed by atoms with Crippen LogP contribution in [0.2, 0.25) is 0 Å². The molecule has 2 amide bonds. The van der Waals surface area contributed by atoms with Crippen molar-refractivity contribution in [1.29, 1.82) is 0 Å². The van der Waals surface area contributed by atoms with E-state index < -0.39 is 5.91 Å². The number of ether oxygens (including phenoxy) is 1. The molecule has 0 bridgehead atoms. The first kappa shape index (κ1) is 14.8. The van der Waals surface area contributed by atoms with Crippen LogP contribution in [0.1, 0.15) is 24.2 Å². The molecule has 0 aromatic heterocycles. The van der Waals surface area contributed by atoms with E-state index in [0.717, 1.165) is 0 Å². The summed E-state index contributed by atoms with van der Waals surface area (Å²) in [6, 6.07) is 4.65. The summed E-state index contributed by atoms with van der Waals surface area (Å²) in [6.45, 7) is 3.46. The molecule has 1 rings (SSSR count). The molecule has 0 atom stereocenters. The number of nitrogens with zero attached hydrogens (tertiary/aromatic N) is 1. The molecule has 0 saturated heterocycles. The zero-order chi connectivity index (χ0) is 14.6.